The van der Waals surface area contributed by atoms with Crippen LogP contribution in [-0.2, 0) is 0 Å². The minimum atomic E-state index is 0.475. The lowest BCUT2D eigenvalue weighted by molar-refractivity contribution is 0.172. The Labute approximate surface area is 99.0 Å². The number of hydrogen-bond acceptors (Lipinski definition) is 3. The number of nitrogens with zero attached hydrogens (tertiary/aromatic N) is 2. The van der Waals surface area contributed by atoms with Gasteiger partial charge in [-0.25, -0.2) is 0 Å². The summed E-state index contributed by atoms with van der Waals surface area (Å²) in [6.45, 7) is 2.60. The van der Waals surface area contributed by atoms with Crippen molar-refractivity contribution in [1.82, 2.24) is 9.80 Å². The minimum Gasteiger partial charge on any atom is -0.328 e. The Kier molecular flexibility index (Phi) is 2.94. The Bertz CT molecular complexity index is 256. The van der Waals surface area contributed by atoms with Gasteiger partial charge in [0.15, 0.2) is 0 Å². The molecule has 92 valence electrons. The topological polar surface area (TPSA) is 32.5 Å². The first-order valence-electron chi connectivity index (χ1n) is 6.95. The molecule has 0 aromatic carbocycles. The first kappa shape index (κ1) is 11.0. The Morgan fingerprint density at radius 2 is 1.69 bits per heavy atom. The van der Waals surface area contributed by atoms with Crippen LogP contribution in [0.5, 0.6) is 0 Å². The molecule has 2 saturated heterocycles. The first-order valence-corrected chi connectivity index (χ1v) is 6.95. The molecule has 4 atom stereocenters. The Balaban J connectivity index is 1.65. The molecule has 2 heterocycles. The lowest BCUT2D eigenvalue weighted by atomic mass is 10.1. The summed E-state index contributed by atoms with van der Waals surface area (Å²) in [5.41, 5.74) is 6.04. The number of fused-ring (bicyclic) bond motifs is 2. The van der Waals surface area contributed by atoms with E-state index in [1.165, 1.54) is 51.6 Å². The van der Waals surface area contributed by atoms with E-state index in [1.54, 1.807) is 0 Å². The predicted octanol–water partition coefficient (Wildman–Crippen LogP) is 1.03. The van der Waals surface area contributed by atoms with Gasteiger partial charge in [0.2, 0.25) is 0 Å². The highest BCUT2D eigenvalue weighted by molar-refractivity contribution is 4.94. The SMILES string of the molecule is CN1C2CCC1CN(C1CCC(N)C1)CC2. The predicted molar refractivity (Wildman–Crippen MR) is 66.4 cm³/mol. The van der Waals surface area contributed by atoms with Crippen molar-refractivity contribution in [2.45, 2.75) is 62.7 Å². The van der Waals surface area contributed by atoms with Gasteiger partial charge in [-0.15, -0.1) is 0 Å². The third-order valence-electron chi connectivity index (χ3n) is 5.14. The largest absolute Gasteiger partial charge is 0.328 e. The molecule has 1 saturated carbocycles. The van der Waals surface area contributed by atoms with Gasteiger partial charge in [-0.3, -0.25) is 9.80 Å². The van der Waals surface area contributed by atoms with Crippen LogP contribution in [0.1, 0.15) is 38.5 Å². The molecule has 3 fully saturated rings. The molecule has 3 aliphatic rings. The highest BCUT2D eigenvalue weighted by Crippen LogP contribution is 2.32. The van der Waals surface area contributed by atoms with Crippen LogP contribution < -0.4 is 5.73 Å². The summed E-state index contributed by atoms with van der Waals surface area (Å²) in [4.78, 5) is 5.38. The fourth-order valence-electron chi connectivity index (χ4n) is 3.99. The lowest BCUT2D eigenvalue weighted by Crippen LogP contribution is -2.41. The van der Waals surface area contributed by atoms with Crippen molar-refractivity contribution in [1.29, 1.82) is 0 Å². The summed E-state index contributed by atoms with van der Waals surface area (Å²) in [7, 11) is 2.33. The molecular weight excluding hydrogens is 198 g/mol. The first-order chi connectivity index (χ1) is 7.74. The van der Waals surface area contributed by atoms with Gasteiger partial charge in [0, 0.05) is 30.7 Å². The Hall–Kier alpha value is -0.120. The molecular formula is C13H25N3. The van der Waals surface area contributed by atoms with Crippen molar-refractivity contribution < 1.29 is 0 Å². The van der Waals surface area contributed by atoms with E-state index >= 15 is 0 Å². The van der Waals surface area contributed by atoms with Crippen molar-refractivity contribution in [2.24, 2.45) is 5.73 Å². The molecule has 16 heavy (non-hydrogen) atoms. The van der Waals surface area contributed by atoms with E-state index in [0.29, 0.717) is 6.04 Å². The lowest BCUT2D eigenvalue weighted by Gasteiger charge is -2.30. The van der Waals surface area contributed by atoms with Crippen LogP contribution in [0.2, 0.25) is 0 Å². The van der Waals surface area contributed by atoms with Crippen molar-refractivity contribution >= 4 is 0 Å². The van der Waals surface area contributed by atoms with Gasteiger partial charge in [-0.2, -0.15) is 0 Å². The van der Waals surface area contributed by atoms with Crippen LogP contribution in [0.15, 0.2) is 0 Å². The summed E-state index contributed by atoms with van der Waals surface area (Å²) < 4.78 is 0. The van der Waals surface area contributed by atoms with Crippen LogP contribution in [-0.4, -0.2) is 54.1 Å². The van der Waals surface area contributed by atoms with E-state index in [0.717, 1.165) is 18.1 Å². The second-order valence-electron chi connectivity index (χ2n) is 6.06. The maximum Gasteiger partial charge on any atom is 0.0223 e. The fourth-order valence-corrected chi connectivity index (χ4v) is 3.99. The molecule has 3 rings (SSSR count). The van der Waals surface area contributed by atoms with E-state index in [9.17, 15) is 0 Å². The molecule has 2 bridgehead atoms. The highest BCUT2D eigenvalue weighted by Gasteiger charge is 2.37. The number of likely N-dealkylation sites (tertiary alicyclic amines) is 1. The second kappa shape index (κ2) is 4.28. The van der Waals surface area contributed by atoms with Crippen molar-refractivity contribution in [3.05, 3.63) is 0 Å². The van der Waals surface area contributed by atoms with Gasteiger partial charge in [-0.05, 0) is 52.1 Å². The molecule has 1 aliphatic carbocycles. The van der Waals surface area contributed by atoms with E-state index in [-0.39, 0.29) is 0 Å². The van der Waals surface area contributed by atoms with Gasteiger partial charge in [-0.1, -0.05) is 0 Å². The zero-order valence-electron chi connectivity index (χ0n) is 10.4. The van der Waals surface area contributed by atoms with E-state index in [1.807, 2.05) is 0 Å². The number of nitrogens with two attached hydrogens (primary N) is 1. The van der Waals surface area contributed by atoms with E-state index in [2.05, 4.69) is 16.8 Å². The van der Waals surface area contributed by atoms with Crippen molar-refractivity contribution in [2.75, 3.05) is 20.1 Å². The number of hydrogen-bond donors (Lipinski definition) is 1. The van der Waals surface area contributed by atoms with Crippen molar-refractivity contribution in [3.8, 4) is 0 Å². The van der Waals surface area contributed by atoms with Gasteiger partial charge in [0.05, 0.1) is 0 Å². The molecule has 0 aromatic heterocycles. The van der Waals surface area contributed by atoms with Crippen LogP contribution in [0, 0.1) is 0 Å². The van der Waals surface area contributed by atoms with E-state index < -0.39 is 0 Å². The summed E-state index contributed by atoms with van der Waals surface area (Å²) >= 11 is 0. The Morgan fingerprint density at radius 1 is 0.938 bits per heavy atom. The summed E-state index contributed by atoms with van der Waals surface area (Å²) in [6.07, 6.45) is 8.03. The smallest absolute Gasteiger partial charge is 0.0223 e. The van der Waals surface area contributed by atoms with Gasteiger partial charge >= 0.3 is 0 Å². The maximum absolute atomic E-state index is 6.04. The zero-order valence-corrected chi connectivity index (χ0v) is 10.4. The molecule has 2 aliphatic heterocycles. The van der Waals surface area contributed by atoms with Crippen LogP contribution in [0.3, 0.4) is 0 Å². The van der Waals surface area contributed by atoms with Crippen LogP contribution in [0.4, 0.5) is 0 Å². The average Bonchev–Trinajstić information content (AvgIpc) is 2.74. The molecule has 0 amide bonds. The average molecular weight is 223 g/mol. The Morgan fingerprint density at radius 3 is 2.44 bits per heavy atom. The fraction of sp³-hybridized carbons (Fsp3) is 1.00. The minimum absolute atomic E-state index is 0.475. The molecule has 4 unspecified atom stereocenters. The van der Waals surface area contributed by atoms with Crippen molar-refractivity contribution in [3.63, 3.8) is 0 Å². The maximum atomic E-state index is 6.04. The summed E-state index contributed by atoms with van der Waals surface area (Å²) in [6, 6.07) is 2.96. The molecule has 2 N–H and O–H groups in total. The standard InChI is InChI=1S/C13H25N3/c1-15-11-4-5-13(15)9-16(7-6-11)12-3-2-10(14)8-12/h10-13H,2-9,14H2,1H3. The molecule has 0 radical (unpaired) electrons. The molecule has 0 spiro atoms. The second-order valence-corrected chi connectivity index (χ2v) is 6.06. The number of likely N-dealkylation sites (N-methyl/N-ethyl adjacent to an activating group) is 1. The molecule has 0 aromatic rings. The highest BCUT2D eigenvalue weighted by atomic mass is 15.3. The van der Waals surface area contributed by atoms with E-state index in [4.69, 9.17) is 5.73 Å². The van der Waals surface area contributed by atoms with Gasteiger partial charge in [0.1, 0.15) is 0 Å². The number of rotatable bonds is 1. The normalized spacial score (nSPS) is 46.1. The third kappa shape index (κ3) is 1.89. The molecule has 3 heteroatoms. The monoisotopic (exact) mass is 223 g/mol. The van der Waals surface area contributed by atoms with Gasteiger partial charge < -0.3 is 5.73 Å². The third-order valence-corrected chi connectivity index (χ3v) is 5.14. The molecule has 3 nitrogen and oxygen atoms in total. The van der Waals surface area contributed by atoms with Crippen LogP contribution >= 0.6 is 0 Å². The zero-order chi connectivity index (χ0) is 11.1. The summed E-state index contributed by atoms with van der Waals surface area (Å²) in [5.74, 6) is 0. The van der Waals surface area contributed by atoms with Crippen LogP contribution in [0.25, 0.3) is 0 Å². The van der Waals surface area contributed by atoms with Gasteiger partial charge in [0.25, 0.3) is 0 Å². The summed E-state index contributed by atoms with van der Waals surface area (Å²) in [5, 5.41) is 0. The quantitative estimate of drug-likeness (QED) is 0.721.